The largest absolute Gasteiger partial charge is 0.380 e. The summed E-state index contributed by atoms with van der Waals surface area (Å²) >= 11 is 0. The van der Waals surface area contributed by atoms with Gasteiger partial charge in [0.2, 0.25) is 0 Å². The zero-order valence-electron chi connectivity index (χ0n) is 10.3. The van der Waals surface area contributed by atoms with Crippen molar-refractivity contribution in [3.63, 3.8) is 0 Å². The molecule has 1 fully saturated rings. The Hall–Kier alpha value is -1.12. The van der Waals surface area contributed by atoms with Crippen LogP contribution < -0.4 is 5.32 Å². The second-order valence-corrected chi connectivity index (χ2v) is 5.27. The minimum absolute atomic E-state index is 0.245. The molecule has 0 spiro atoms. The average molecular weight is 239 g/mol. The van der Waals surface area contributed by atoms with E-state index in [1.54, 1.807) is 0 Å². The van der Waals surface area contributed by atoms with E-state index in [1.807, 2.05) is 0 Å². The smallest absolute Gasteiger partial charge is 0.146 e. The van der Waals surface area contributed by atoms with Crippen molar-refractivity contribution in [3.8, 4) is 0 Å². The maximum Gasteiger partial charge on any atom is 0.146 e. The molecule has 0 aromatic heterocycles. The van der Waals surface area contributed by atoms with Crippen LogP contribution in [0.2, 0.25) is 0 Å². The standard InChI is InChI=1S/C14H19F2N/c1-9-3-4-10(2)13(7-9)17-14-8-11(15)5-6-12(14)16/h5-6,8-10,13,17H,3-4,7H2,1-2H3. The van der Waals surface area contributed by atoms with Crippen molar-refractivity contribution in [2.24, 2.45) is 11.8 Å². The first-order chi connectivity index (χ1) is 8.06. The van der Waals surface area contributed by atoms with Crippen molar-refractivity contribution in [1.29, 1.82) is 0 Å². The lowest BCUT2D eigenvalue weighted by molar-refractivity contribution is 0.280. The fourth-order valence-electron chi connectivity index (χ4n) is 2.54. The first-order valence-corrected chi connectivity index (χ1v) is 6.28. The molecule has 1 nitrogen and oxygen atoms in total. The third-order valence-corrected chi connectivity index (χ3v) is 3.73. The number of hydrogen-bond donors (Lipinski definition) is 1. The Kier molecular flexibility index (Phi) is 3.65. The molecule has 0 amide bonds. The number of nitrogens with one attached hydrogen (secondary N) is 1. The van der Waals surface area contributed by atoms with Crippen LogP contribution >= 0.6 is 0 Å². The lowest BCUT2D eigenvalue weighted by Crippen LogP contribution is -2.33. The van der Waals surface area contributed by atoms with Crippen molar-refractivity contribution < 1.29 is 8.78 Å². The Bertz CT molecular complexity index is 392. The molecule has 1 N–H and O–H groups in total. The summed E-state index contributed by atoms with van der Waals surface area (Å²) in [6, 6.07) is 3.80. The van der Waals surface area contributed by atoms with Crippen LogP contribution in [0.25, 0.3) is 0 Å². The molecule has 1 aromatic rings. The topological polar surface area (TPSA) is 12.0 Å². The summed E-state index contributed by atoms with van der Waals surface area (Å²) in [7, 11) is 0. The summed E-state index contributed by atoms with van der Waals surface area (Å²) in [5.41, 5.74) is 0.288. The molecule has 3 heteroatoms. The van der Waals surface area contributed by atoms with E-state index in [-0.39, 0.29) is 17.5 Å². The number of halogens is 2. The predicted molar refractivity (Wildman–Crippen MR) is 65.9 cm³/mol. The van der Waals surface area contributed by atoms with Gasteiger partial charge in [0, 0.05) is 6.04 Å². The van der Waals surface area contributed by atoms with Gasteiger partial charge in [-0.25, -0.2) is 8.78 Å². The zero-order chi connectivity index (χ0) is 12.4. The molecule has 2 rings (SSSR count). The van der Waals surface area contributed by atoms with Crippen LogP contribution in [0.4, 0.5) is 14.5 Å². The van der Waals surface area contributed by atoms with Gasteiger partial charge < -0.3 is 5.32 Å². The fraction of sp³-hybridized carbons (Fsp3) is 0.571. The van der Waals surface area contributed by atoms with Crippen molar-refractivity contribution in [2.75, 3.05) is 5.32 Å². The van der Waals surface area contributed by atoms with E-state index in [9.17, 15) is 8.78 Å². The van der Waals surface area contributed by atoms with Gasteiger partial charge in [0.1, 0.15) is 11.6 Å². The van der Waals surface area contributed by atoms with Gasteiger partial charge in [-0.1, -0.05) is 20.3 Å². The van der Waals surface area contributed by atoms with Crippen molar-refractivity contribution in [1.82, 2.24) is 0 Å². The van der Waals surface area contributed by atoms with E-state index in [0.717, 1.165) is 18.9 Å². The molecule has 0 heterocycles. The van der Waals surface area contributed by atoms with Crippen LogP contribution in [0.3, 0.4) is 0 Å². The highest BCUT2D eigenvalue weighted by atomic mass is 19.1. The maximum absolute atomic E-state index is 13.5. The summed E-state index contributed by atoms with van der Waals surface area (Å²) in [5.74, 6) is 0.386. The van der Waals surface area contributed by atoms with Gasteiger partial charge in [0.25, 0.3) is 0 Å². The van der Waals surface area contributed by atoms with Crippen molar-refractivity contribution >= 4 is 5.69 Å². The van der Waals surface area contributed by atoms with E-state index in [0.29, 0.717) is 11.8 Å². The van der Waals surface area contributed by atoms with Crippen LogP contribution in [-0.2, 0) is 0 Å². The molecule has 1 aliphatic rings. The van der Waals surface area contributed by atoms with Gasteiger partial charge in [0.05, 0.1) is 5.69 Å². The molecule has 17 heavy (non-hydrogen) atoms. The second kappa shape index (κ2) is 5.03. The van der Waals surface area contributed by atoms with Crippen LogP contribution in [-0.4, -0.2) is 6.04 Å². The molecular weight excluding hydrogens is 220 g/mol. The van der Waals surface area contributed by atoms with E-state index < -0.39 is 5.82 Å². The van der Waals surface area contributed by atoms with Gasteiger partial charge >= 0.3 is 0 Å². The Labute approximate surface area is 101 Å². The molecule has 94 valence electrons. The van der Waals surface area contributed by atoms with Crippen molar-refractivity contribution in [3.05, 3.63) is 29.8 Å². The first-order valence-electron chi connectivity index (χ1n) is 6.28. The first kappa shape index (κ1) is 12.3. The van der Waals surface area contributed by atoms with E-state index in [1.165, 1.54) is 18.6 Å². The van der Waals surface area contributed by atoms with Gasteiger partial charge in [-0.05, 0) is 42.9 Å². The quantitative estimate of drug-likeness (QED) is 0.815. The Morgan fingerprint density at radius 1 is 1.18 bits per heavy atom. The minimum Gasteiger partial charge on any atom is -0.380 e. The minimum atomic E-state index is -0.398. The number of hydrogen-bond acceptors (Lipinski definition) is 1. The van der Waals surface area contributed by atoms with Crippen LogP contribution in [0.1, 0.15) is 33.1 Å². The summed E-state index contributed by atoms with van der Waals surface area (Å²) in [6.45, 7) is 4.38. The van der Waals surface area contributed by atoms with Crippen LogP contribution in [0.5, 0.6) is 0 Å². The zero-order valence-corrected chi connectivity index (χ0v) is 10.3. The molecule has 0 aliphatic heterocycles. The van der Waals surface area contributed by atoms with E-state index >= 15 is 0 Å². The molecular formula is C14H19F2N. The fourth-order valence-corrected chi connectivity index (χ4v) is 2.54. The predicted octanol–water partition coefficient (Wildman–Crippen LogP) is 4.20. The van der Waals surface area contributed by atoms with Gasteiger partial charge in [0.15, 0.2) is 0 Å². The highest BCUT2D eigenvalue weighted by Crippen LogP contribution is 2.31. The number of benzene rings is 1. The second-order valence-electron chi connectivity index (χ2n) is 5.27. The molecule has 1 aliphatic carbocycles. The summed E-state index contributed by atoms with van der Waals surface area (Å²) < 4.78 is 26.6. The number of rotatable bonds is 2. The Morgan fingerprint density at radius 2 is 1.94 bits per heavy atom. The normalized spacial score (nSPS) is 29.1. The summed E-state index contributed by atoms with van der Waals surface area (Å²) in [5, 5.41) is 3.16. The Balaban J connectivity index is 2.11. The summed E-state index contributed by atoms with van der Waals surface area (Å²) in [4.78, 5) is 0. The molecule has 3 unspecified atom stereocenters. The highest BCUT2D eigenvalue weighted by Gasteiger charge is 2.25. The lowest BCUT2D eigenvalue weighted by Gasteiger charge is -2.34. The molecule has 1 saturated carbocycles. The Morgan fingerprint density at radius 3 is 2.71 bits per heavy atom. The van der Waals surface area contributed by atoms with Crippen molar-refractivity contribution in [2.45, 2.75) is 39.2 Å². The van der Waals surface area contributed by atoms with Crippen LogP contribution in [0.15, 0.2) is 18.2 Å². The van der Waals surface area contributed by atoms with Gasteiger partial charge in [-0.15, -0.1) is 0 Å². The maximum atomic E-state index is 13.5. The summed E-state index contributed by atoms with van der Waals surface area (Å²) in [6.07, 6.45) is 3.40. The molecule has 0 saturated heterocycles. The highest BCUT2D eigenvalue weighted by molar-refractivity contribution is 5.46. The monoisotopic (exact) mass is 239 g/mol. The van der Waals surface area contributed by atoms with E-state index in [4.69, 9.17) is 0 Å². The number of anilines is 1. The average Bonchev–Trinajstić information content (AvgIpc) is 2.28. The molecule has 3 atom stereocenters. The van der Waals surface area contributed by atoms with Crippen LogP contribution in [0, 0.1) is 23.5 Å². The molecule has 0 radical (unpaired) electrons. The van der Waals surface area contributed by atoms with Gasteiger partial charge in [-0.2, -0.15) is 0 Å². The van der Waals surface area contributed by atoms with Gasteiger partial charge in [-0.3, -0.25) is 0 Å². The molecule has 0 bridgehead atoms. The SMILES string of the molecule is CC1CCC(C)C(Nc2cc(F)ccc2F)C1. The third-order valence-electron chi connectivity index (χ3n) is 3.73. The third kappa shape index (κ3) is 2.96. The lowest BCUT2D eigenvalue weighted by atomic mass is 9.80. The van der Waals surface area contributed by atoms with E-state index in [2.05, 4.69) is 19.2 Å². The molecule has 1 aromatic carbocycles.